The highest BCUT2D eigenvalue weighted by Gasteiger charge is 2.07. The van der Waals surface area contributed by atoms with Gasteiger partial charge >= 0.3 is 0 Å². The van der Waals surface area contributed by atoms with Crippen LogP contribution in [0.4, 0.5) is 5.69 Å². The van der Waals surface area contributed by atoms with Crippen molar-refractivity contribution in [1.82, 2.24) is 0 Å². The van der Waals surface area contributed by atoms with Crippen LogP contribution in [0.1, 0.15) is 18.4 Å². The highest BCUT2D eigenvalue weighted by Crippen LogP contribution is 2.28. The van der Waals surface area contributed by atoms with Gasteiger partial charge in [-0.2, -0.15) is 5.26 Å². The van der Waals surface area contributed by atoms with E-state index in [1.165, 1.54) is 5.56 Å². The Morgan fingerprint density at radius 3 is 2.81 bits per heavy atom. The summed E-state index contributed by atoms with van der Waals surface area (Å²) in [5.74, 6) is 0.880. The van der Waals surface area contributed by atoms with E-state index in [0.717, 1.165) is 24.4 Å². The van der Waals surface area contributed by atoms with Crippen molar-refractivity contribution in [2.75, 3.05) is 25.6 Å². The summed E-state index contributed by atoms with van der Waals surface area (Å²) in [6, 6.07) is 8.27. The number of benzene rings is 1. The Hall–Kier alpha value is -1.69. The molecule has 16 heavy (non-hydrogen) atoms. The summed E-state index contributed by atoms with van der Waals surface area (Å²) < 4.78 is 5.32. The van der Waals surface area contributed by atoms with Crippen LogP contribution >= 0.6 is 0 Å². The number of unbranched alkanes of at least 4 members (excludes halogenated alkanes) is 1. The van der Waals surface area contributed by atoms with E-state index in [-0.39, 0.29) is 0 Å². The van der Waals surface area contributed by atoms with E-state index in [1.54, 1.807) is 7.11 Å². The molecule has 3 heteroatoms. The van der Waals surface area contributed by atoms with Gasteiger partial charge in [-0.05, 0) is 31.0 Å². The van der Waals surface area contributed by atoms with Crippen molar-refractivity contribution in [3.05, 3.63) is 23.8 Å². The number of hydrogen-bond acceptors (Lipinski definition) is 3. The summed E-state index contributed by atoms with van der Waals surface area (Å²) >= 11 is 0. The molecule has 0 saturated carbocycles. The molecule has 3 nitrogen and oxygen atoms in total. The minimum atomic E-state index is 0.596. The second-order valence-corrected chi connectivity index (χ2v) is 3.86. The molecule has 0 aliphatic carbocycles. The predicted octanol–water partition coefficient (Wildman–Crippen LogP) is 2.74. The van der Waals surface area contributed by atoms with Crippen molar-refractivity contribution in [1.29, 1.82) is 5.26 Å². The number of anilines is 1. The second-order valence-electron chi connectivity index (χ2n) is 3.86. The molecule has 1 rings (SSSR count). The summed E-state index contributed by atoms with van der Waals surface area (Å²) in [7, 11) is 3.70. The lowest BCUT2D eigenvalue weighted by Crippen LogP contribution is -2.19. The molecular formula is C13H18N2O. The molecule has 0 aliphatic rings. The predicted molar refractivity (Wildman–Crippen MR) is 65.8 cm³/mol. The second kappa shape index (κ2) is 6.02. The minimum absolute atomic E-state index is 0.596. The van der Waals surface area contributed by atoms with Crippen molar-refractivity contribution < 1.29 is 4.74 Å². The Bertz CT molecular complexity index is 382. The van der Waals surface area contributed by atoms with Gasteiger partial charge in [-0.15, -0.1) is 0 Å². The average Bonchev–Trinajstić information content (AvgIpc) is 2.29. The smallest absolute Gasteiger partial charge is 0.142 e. The molecule has 0 bridgehead atoms. The maximum atomic E-state index is 8.50. The van der Waals surface area contributed by atoms with Crippen LogP contribution in [0.25, 0.3) is 0 Å². The van der Waals surface area contributed by atoms with E-state index in [1.807, 2.05) is 19.2 Å². The topological polar surface area (TPSA) is 36.3 Å². The van der Waals surface area contributed by atoms with E-state index in [0.29, 0.717) is 6.42 Å². The van der Waals surface area contributed by atoms with Gasteiger partial charge in [0.05, 0.1) is 18.9 Å². The maximum absolute atomic E-state index is 8.50. The molecule has 0 saturated heterocycles. The van der Waals surface area contributed by atoms with E-state index in [9.17, 15) is 0 Å². The number of rotatable bonds is 5. The highest BCUT2D eigenvalue weighted by atomic mass is 16.5. The Morgan fingerprint density at radius 1 is 1.44 bits per heavy atom. The molecule has 86 valence electrons. The van der Waals surface area contributed by atoms with Gasteiger partial charge in [0.15, 0.2) is 0 Å². The van der Waals surface area contributed by atoms with Crippen LogP contribution in [0.3, 0.4) is 0 Å². The third-order valence-electron chi connectivity index (χ3n) is 2.53. The summed E-state index contributed by atoms with van der Waals surface area (Å²) in [6.45, 7) is 2.93. The number of nitrogens with zero attached hydrogens (tertiary/aromatic N) is 2. The Balaban J connectivity index is 2.77. The normalized spacial score (nSPS) is 9.62. The van der Waals surface area contributed by atoms with E-state index >= 15 is 0 Å². The van der Waals surface area contributed by atoms with Crippen LogP contribution < -0.4 is 9.64 Å². The zero-order valence-corrected chi connectivity index (χ0v) is 10.2. The summed E-state index contributed by atoms with van der Waals surface area (Å²) in [5.41, 5.74) is 2.29. The van der Waals surface area contributed by atoms with Crippen LogP contribution in [0, 0.1) is 18.3 Å². The first-order chi connectivity index (χ1) is 7.69. The standard InChI is InChI=1S/C13H18N2O/c1-11-6-7-13(16-3)12(10-11)15(2)9-5-4-8-14/h6-7,10H,4-5,9H2,1-3H3. The molecule has 0 aliphatic heterocycles. The van der Waals surface area contributed by atoms with Gasteiger partial charge in [0.25, 0.3) is 0 Å². The van der Waals surface area contributed by atoms with E-state index < -0.39 is 0 Å². The number of aryl methyl sites for hydroxylation is 1. The Morgan fingerprint density at radius 2 is 2.19 bits per heavy atom. The van der Waals surface area contributed by atoms with Crippen molar-refractivity contribution in [3.8, 4) is 11.8 Å². The fourth-order valence-electron chi connectivity index (χ4n) is 1.61. The third kappa shape index (κ3) is 3.16. The lowest BCUT2D eigenvalue weighted by Gasteiger charge is -2.21. The van der Waals surface area contributed by atoms with Gasteiger partial charge in [-0.1, -0.05) is 6.07 Å². The van der Waals surface area contributed by atoms with Crippen LogP contribution in [0.15, 0.2) is 18.2 Å². The average molecular weight is 218 g/mol. The lowest BCUT2D eigenvalue weighted by molar-refractivity contribution is 0.414. The molecule has 0 unspecified atom stereocenters. The van der Waals surface area contributed by atoms with Gasteiger partial charge in [0, 0.05) is 20.0 Å². The summed E-state index contributed by atoms with van der Waals surface area (Å²) in [5, 5.41) is 8.50. The van der Waals surface area contributed by atoms with Crippen LogP contribution in [-0.4, -0.2) is 20.7 Å². The Kier molecular flexibility index (Phi) is 4.65. The quantitative estimate of drug-likeness (QED) is 0.713. The van der Waals surface area contributed by atoms with Gasteiger partial charge in [-0.3, -0.25) is 0 Å². The SMILES string of the molecule is COc1ccc(C)cc1N(C)CCCC#N. The van der Waals surface area contributed by atoms with Crippen molar-refractivity contribution in [2.45, 2.75) is 19.8 Å². The third-order valence-corrected chi connectivity index (χ3v) is 2.53. The van der Waals surface area contributed by atoms with Crippen LogP contribution in [0.5, 0.6) is 5.75 Å². The van der Waals surface area contributed by atoms with Gasteiger partial charge < -0.3 is 9.64 Å². The first-order valence-electron chi connectivity index (χ1n) is 5.41. The first kappa shape index (κ1) is 12.4. The maximum Gasteiger partial charge on any atom is 0.142 e. The molecule has 1 aromatic rings. The molecule has 0 spiro atoms. The zero-order chi connectivity index (χ0) is 12.0. The monoisotopic (exact) mass is 218 g/mol. The molecule has 1 aromatic carbocycles. The van der Waals surface area contributed by atoms with Crippen molar-refractivity contribution >= 4 is 5.69 Å². The summed E-state index contributed by atoms with van der Waals surface area (Å²) in [4.78, 5) is 2.13. The Labute approximate surface area is 97.3 Å². The highest BCUT2D eigenvalue weighted by molar-refractivity contribution is 5.59. The molecule has 0 heterocycles. The number of methoxy groups -OCH3 is 1. The zero-order valence-electron chi connectivity index (χ0n) is 10.2. The molecule has 0 amide bonds. The largest absolute Gasteiger partial charge is 0.495 e. The summed E-state index contributed by atoms with van der Waals surface area (Å²) in [6.07, 6.45) is 1.47. The van der Waals surface area contributed by atoms with Gasteiger partial charge in [0.1, 0.15) is 5.75 Å². The fraction of sp³-hybridized carbons (Fsp3) is 0.462. The molecular weight excluding hydrogens is 200 g/mol. The van der Waals surface area contributed by atoms with Crippen molar-refractivity contribution in [2.24, 2.45) is 0 Å². The molecule has 0 fully saturated rings. The van der Waals surface area contributed by atoms with E-state index in [4.69, 9.17) is 10.00 Å². The van der Waals surface area contributed by atoms with Gasteiger partial charge in [-0.25, -0.2) is 0 Å². The first-order valence-corrected chi connectivity index (χ1v) is 5.41. The molecule has 0 radical (unpaired) electrons. The van der Waals surface area contributed by atoms with Crippen LogP contribution in [0.2, 0.25) is 0 Å². The minimum Gasteiger partial charge on any atom is -0.495 e. The number of nitriles is 1. The lowest BCUT2D eigenvalue weighted by atomic mass is 10.2. The van der Waals surface area contributed by atoms with Crippen LogP contribution in [-0.2, 0) is 0 Å². The molecule has 0 atom stereocenters. The van der Waals surface area contributed by atoms with E-state index in [2.05, 4.69) is 24.0 Å². The molecule has 0 N–H and O–H groups in total. The molecule has 0 aromatic heterocycles. The fourth-order valence-corrected chi connectivity index (χ4v) is 1.61. The van der Waals surface area contributed by atoms with Crippen molar-refractivity contribution in [3.63, 3.8) is 0 Å². The number of hydrogen-bond donors (Lipinski definition) is 0. The number of ether oxygens (including phenoxy) is 1. The van der Waals surface area contributed by atoms with Gasteiger partial charge in [0.2, 0.25) is 0 Å².